The van der Waals surface area contributed by atoms with Gasteiger partial charge in [0.15, 0.2) is 0 Å². The van der Waals surface area contributed by atoms with Gasteiger partial charge >= 0.3 is 6.03 Å². The summed E-state index contributed by atoms with van der Waals surface area (Å²) in [5.74, 6) is -1.12. The largest absolute Gasteiger partial charge is 0.508 e. The molecule has 4 amide bonds. The van der Waals surface area contributed by atoms with Crippen LogP contribution in [0.1, 0.15) is 16.7 Å². The molecule has 0 aliphatic carbocycles. The van der Waals surface area contributed by atoms with Gasteiger partial charge in [-0.25, -0.2) is 9.69 Å². The van der Waals surface area contributed by atoms with Crippen LogP contribution in [0, 0.1) is 6.92 Å². The van der Waals surface area contributed by atoms with Crippen LogP contribution in [0.3, 0.4) is 0 Å². The summed E-state index contributed by atoms with van der Waals surface area (Å²) in [4.78, 5) is 38.8. The van der Waals surface area contributed by atoms with Gasteiger partial charge in [0.2, 0.25) is 0 Å². The fraction of sp³-hybridized carbons (Fsp3) is 0.0800. The molecule has 2 N–H and O–H groups in total. The predicted molar refractivity (Wildman–Crippen MR) is 127 cm³/mol. The van der Waals surface area contributed by atoms with Crippen LogP contribution < -0.4 is 15.0 Å². The molecule has 1 heterocycles. The van der Waals surface area contributed by atoms with E-state index in [4.69, 9.17) is 4.74 Å². The SMILES string of the molecule is Cc1cccc(COc2ccc(Br)cc2/C=C2\C(=O)NC(=O)N(c3ccc(O)cc3)C2=O)c1. The van der Waals surface area contributed by atoms with Gasteiger partial charge in [-0.05, 0) is 61.0 Å². The molecule has 33 heavy (non-hydrogen) atoms. The van der Waals surface area contributed by atoms with Gasteiger partial charge in [-0.15, -0.1) is 0 Å². The quantitative estimate of drug-likeness (QED) is 0.385. The van der Waals surface area contributed by atoms with Gasteiger partial charge in [-0.2, -0.15) is 0 Å². The second-order valence-electron chi connectivity index (χ2n) is 7.43. The Morgan fingerprint density at radius 2 is 1.79 bits per heavy atom. The molecule has 1 aliphatic heterocycles. The average molecular weight is 507 g/mol. The van der Waals surface area contributed by atoms with Gasteiger partial charge in [-0.1, -0.05) is 45.8 Å². The van der Waals surface area contributed by atoms with Gasteiger partial charge in [0.25, 0.3) is 11.8 Å². The standard InChI is InChI=1S/C25H19BrN2O5/c1-15-3-2-4-16(11-15)14-33-22-10-5-18(26)12-17(22)13-21-23(30)27-25(32)28(24(21)31)19-6-8-20(29)9-7-19/h2-13,29H,14H2,1H3,(H,27,30,32)/b21-13+. The number of ether oxygens (including phenoxy) is 1. The summed E-state index contributed by atoms with van der Waals surface area (Å²) < 4.78 is 6.70. The molecule has 7 nitrogen and oxygen atoms in total. The number of carbonyl (C=O) groups excluding carboxylic acids is 3. The number of benzene rings is 3. The maximum absolute atomic E-state index is 13.1. The Morgan fingerprint density at radius 3 is 2.52 bits per heavy atom. The van der Waals surface area contributed by atoms with Crippen LogP contribution in [0.2, 0.25) is 0 Å². The number of hydrogen-bond donors (Lipinski definition) is 2. The molecule has 0 radical (unpaired) electrons. The van der Waals surface area contributed by atoms with Gasteiger partial charge in [0, 0.05) is 10.0 Å². The van der Waals surface area contributed by atoms with Crippen LogP contribution in [0.4, 0.5) is 10.5 Å². The van der Waals surface area contributed by atoms with Crippen LogP contribution in [-0.2, 0) is 16.2 Å². The van der Waals surface area contributed by atoms with Crippen LogP contribution in [0.15, 0.2) is 76.8 Å². The zero-order valence-electron chi connectivity index (χ0n) is 17.5. The minimum absolute atomic E-state index is 0.0139. The third kappa shape index (κ3) is 4.96. The number of phenols is 1. The number of halogens is 1. The molecule has 166 valence electrons. The highest BCUT2D eigenvalue weighted by atomic mass is 79.9. The fourth-order valence-corrected chi connectivity index (χ4v) is 3.75. The number of carbonyl (C=O) groups is 3. The van der Waals surface area contributed by atoms with E-state index in [2.05, 4.69) is 21.2 Å². The Morgan fingerprint density at radius 1 is 1.03 bits per heavy atom. The number of aryl methyl sites for hydroxylation is 1. The van der Waals surface area contributed by atoms with E-state index >= 15 is 0 Å². The lowest BCUT2D eigenvalue weighted by Gasteiger charge is -2.26. The van der Waals surface area contributed by atoms with E-state index < -0.39 is 17.8 Å². The van der Waals surface area contributed by atoms with E-state index in [1.807, 2.05) is 31.2 Å². The van der Waals surface area contributed by atoms with Gasteiger partial charge in [-0.3, -0.25) is 14.9 Å². The second-order valence-corrected chi connectivity index (χ2v) is 8.35. The molecule has 3 aromatic rings. The van der Waals surface area contributed by atoms with Crippen molar-refractivity contribution in [1.29, 1.82) is 0 Å². The predicted octanol–water partition coefficient (Wildman–Crippen LogP) is 4.71. The van der Waals surface area contributed by atoms with E-state index in [-0.39, 0.29) is 17.0 Å². The lowest BCUT2D eigenvalue weighted by Crippen LogP contribution is -2.54. The topological polar surface area (TPSA) is 95.9 Å². The summed E-state index contributed by atoms with van der Waals surface area (Å²) in [5.41, 5.74) is 2.58. The van der Waals surface area contributed by atoms with E-state index in [1.54, 1.807) is 18.2 Å². The zero-order valence-corrected chi connectivity index (χ0v) is 19.1. The molecule has 0 saturated carbocycles. The van der Waals surface area contributed by atoms with Crippen molar-refractivity contribution in [3.05, 3.63) is 93.5 Å². The Labute approximate surface area is 198 Å². The van der Waals surface area contributed by atoms with Crippen molar-refractivity contribution in [3.63, 3.8) is 0 Å². The van der Waals surface area contributed by atoms with Crippen molar-refractivity contribution in [2.75, 3.05) is 4.90 Å². The third-order valence-corrected chi connectivity index (χ3v) is 5.45. The van der Waals surface area contributed by atoms with Gasteiger partial charge in [0.1, 0.15) is 23.7 Å². The van der Waals surface area contributed by atoms with Gasteiger partial charge < -0.3 is 9.84 Å². The van der Waals surface area contributed by atoms with Crippen molar-refractivity contribution >= 4 is 45.5 Å². The zero-order chi connectivity index (χ0) is 23.5. The Kier molecular flexibility index (Phi) is 6.28. The maximum atomic E-state index is 13.1. The minimum Gasteiger partial charge on any atom is -0.508 e. The number of phenolic OH excluding ortho intramolecular Hbond substituents is 1. The summed E-state index contributed by atoms with van der Waals surface area (Å²) in [6.45, 7) is 2.30. The number of aromatic hydroxyl groups is 1. The maximum Gasteiger partial charge on any atom is 0.335 e. The second kappa shape index (κ2) is 9.30. The molecule has 1 fully saturated rings. The Hall–Kier alpha value is -3.91. The number of barbiturate groups is 1. The smallest absolute Gasteiger partial charge is 0.335 e. The van der Waals surface area contributed by atoms with Crippen LogP contribution >= 0.6 is 15.9 Å². The van der Waals surface area contributed by atoms with Crippen molar-refractivity contribution in [2.24, 2.45) is 0 Å². The average Bonchev–Trinajstić information content (AvgIpc) is 2.77. The number of urea groups is 1. The molecule has 0 unspecified atom stereocenters. The van der Waals surface area contributed by atoms with E-state index in [1.165, 1.54) is 30.3 Å². The first kappa shape index (κ1) is 22.3. The molecule has 0 bridgehead atoms. The summed E-state index contributed by atoms with van der Waals surface area (Å²) in [6, 6.07) is 17.8. The highest BCUT2D eigenvalue weighted by molar-refractivity contribution is 9.10. The van der Waals surface area contributed by atoms with Gasteiger partial charge in [0.05, 0.1) is 5.69 Å². The number of anilines is 1. The van der Waals surface area contributed by atoms with Crippen LogP contribution in [0.5, 0.6) is 11.5 Å². The number of rotatable bonds is 5. The third-order valence-electron chi connectivity index (χ3n) is 4.96. The molecule has 1 aliphatic rings. The Balaban J connectivity index is 1.67. The summed E-state index contributed by atoms with van der Waals surface area (Å²) in [6.07, 6.45) is 1.40. The molecule has 4 rings (SSSR count). The molecular formula is C25H19BrN2O5. The highest BCUT2D eigenvalue weighted by Gasteiger charge is 2.37. The molecule has 1 saturated heterocycles. The van der Waals surface area contributed by atoms with E-state index in [0.29, 0.717) is 17.9 Å². The normalized spacial score (nSPS) is 15.0. The molecule has 0 spiro atoms. The number of amides is 4. The number of imide groups is 2. The number of hydrogen-bond acceptors (Lipinski definition) is 5. The number of nitrogens with one attached hydrogen (secondary N) is 1. The first-order valence-electron chi connectivity index (χ1n) is 10.0. The molecule has 3 aromatic carbocycles. The minimum atomic E-state index is -0.863. The molecule has 8 heteroatoms. The summed E-state index contributed by atoms with van der Waals surface area (Å²) >= 11 is 3.40. The molecule has 0 atom stereocenters. The number of nitrogens with zero attached hydrogens (tertiary/aromatic N) is 1. The van der Waals surface area contributed by atoms with E-state index in [0.717, 1.165) is 20.5 Å². The van der Waals surface area contributed by atoms with Crippen molar-refractivity contribution in [1.82, 2.24) is 5.32 Å². The first-order chi connectivity index (χ1) is 15.8. The molecular weight excluding hydrogens is 488 g/mol. The van der Waals surface area contributed by atoms with Crippen molar-refractivity contribution in [3.8, 4) is 11.5 Å². The summed E-state index contributed by atoms with van der Waals surface area (Å²) in [7, 11) is 0. The van der Waals surface area contributed by atoms with Crippen LogP contribution in [0.25, 0.3) is 6.08 Å². The van der Waals surface area contributed by atoms with Crippen molar-refractivity contribution < 1.29 is 24.2 Å². The highest BCUT2D eigenvalue weighted by Crippen LogP contribution is 2.29. The lowest BCUT2D eigenvalue weighted by atomic mass is 10.1. The summed E-state index contributed by atoms with van der Waals surface area (Å²) in [5, 5.41) is 11.7. The monoisotopic (exact) mass is 506 g/mol. The van der Waals surface area contributed by atoms with Crippen LogP contribution in [-0.4, -0.2) is 23.0 Å². The lowest BCUT2D eigenvalue weighted by molar-refractivity contribution is -0.122. The fourth-order valence-electron chi connectivity index (χ4n) is 3.38. The Bertz CT molecular complexity index is 1280. The van der Waals surface area contributed by atoms with Crippen molar-refractivity contribution in [2.45, 2.75) is 13.5 Å². The first-order valence-corrected chi connectivity index (χ1v) is 10.8. The van der Waals surface area contributed by atoms with E-state index in [9.17, 15) is 19.5 Å². The molecule has 0 aromatic heterocycles.